The number of para-hydroxylation sites is 1. The summed E-state index contributed by atoms with van der Waals surface area (Å²) >= 11 is 0. The van der Waals surface area contributed by atoms with Crippen molar-refractivity contribution in [2.45, 2.75) is 19.4 Å². The minimum absolute atomic E-state index is 0.179. The molecular formula is C15H21N3O3. The molecule has 21 heavy (non-hydrogen) atoms. The molecule has 1 aromatic rings. The number of anilines is 1. The first-order valence-corrected chi connectivity index (χ1v) is 6.96. The summed E-state index contributed by atoms with van der Waals surface area (Å²) in [7, 11) is 0. The van der Waals surface area contributed by atoms with E-state index in [1.165, 1.54) is 0 Å². The van der Waals surface area contributed by atoms with Gasteiger partial charge in [0.1, 0.15) is 0 Å². The summed E-state index contributed by atoms with van der Waals surface area (Å²) in [5.41, 5.74) is 0.445. The molecule has 0 unspecified atom stereocenters. The van der Waals surface area contributed by atoms with E-state index >= 15 is 0 Å². The number of morpholine rings is 1. The van der Waals surface area contributed by atoms with Crippen LogP contribution in [0.2, 0.25) is 0 Å². The van der Waals surface area contributed by atoms with Gasteiger partial charge >= 0.3 is 6.03 Å². The zero-order valence-electron chi connectivity index (χ0n) is 12.4. The summed E-state index contributed by atoms with van der Waals surface area (Å²) in [5.74, 6) is -0.321. The van der Waals surface area contributed by atoms with Crippen LogP contribution < -0.4 is 10.6 Å². The molecule has 0 bridgehead atoms. The van der Waals surface area contributed by atoms with Gasteiger partial charge in [-0.15, -0.1) is 0 Å². The fraction of sp³-hybridized carbons (Fsp3) is 0.467. The summed E-state index contributed by atoms with van der Waals surface area (Å²) in [6.07, 6.45) is 0. The third-order valence-corrected chi connectivity index (χ3v) is 3.44. The summed E-state index contributed by atoms with van der Waals surface area (Å²) in [4.78, 5) is 25.7. The number of amides is 3. The molecule has 114 valence electrons. The molecule has 3 amide bonds. The normalized spacial score (nSPS) is 18.0. The second-order valence-corrected chi connectivity index (χ2v) is 5.65. The third-order valence-electron chi connectivity index (χ3n) is 3.44. The van der Waals surface area contributed by atoms with Crippen molar-refractivity contribution in [1.29, 1.82) is 0 Å². The van der Waals surface area contributed by atoms with Gasteiger partial charge in [0.15, 0.2) is 0 Å². The van der Waals surface area contributed by atoms with E-state index in [0.717, 1.165) is 0 Å². The number of urea groups is 1. The highest BCUT2D eigenvalue weighted by molar-refractivity contribution is 6.01. The number of imide groups is 1. The first kappa shape index (κ1) is 15.5. The molecule has 1 heterocycles. The van der Waals surface area contributed by atoms with Gasteiger partial charge in [0.05, 0.1) is 19.8 Å². The molecule has 0 atom stereocenters. The van der Waals surface area contributed by atoms with E-state index in [1.54, 1.807) is 12.1 Å². The van der Waals surface area contributed by atoms with Crippen LogP contribution in [0.15, 0.2) is 30.3 Å². The lowest BCUT2D eigenvalue weighted by molar-refractivity contribution is -0.126. The van der Waals surface area contributed by atoms with Crippen molar-refractivity contribution >= 4 is 17.6 Å². The van der Waals surface area contributed by atoms with E-state index in [9.17, 15) is 9.59 Å². The summed E-state index contributed by atoms with van der Waals surface area (Å²) in [5, 5.41) is 4.96. The number of ether oxygens (including phenoxy) is 1. The first-order valence-electron chi connectivity index (χ1n) is 6.96. The maximum absolute atomic E-state index is 11.9. The number of nitrogens with zero attached hydrogens (tertiary/aromatic N) is 1. The molecule has 0 radical (unpaired) electrons. The first-order chi connectivity index (χ1) is 9.97. The zero-order valence-corrected chi connectivity index (χ0v) is 12.4. The van der Waals surface area contributed by atoms with Crippen molar-refractivity contribution in [3.05, 3.63) is 30.3 Å². The minimum Gasteiger partial charge on any atom is -0.378 e. The molecule has 2 N–H and O–H groups in total. The SMILES string of the molecule is CC1(C)COCCN1CC(=O)NC(=O)Nc1ccccc1. The Morgan fingerprint density at radius 3 is 2.67 bits per heavy atom. The highest BCUT2D eigenvalue weighted by Gasteiger charge is 2.31. The molecule has 2 rings (SSSR count). The Labute approximate surface area is 124 Å². The van der Waals surface area contributed by atoms with Crippen molar-refractivity contribution < 1.29 is 14.3 Å². The monoisotopic (exact) mass is 291 g/mol. The van der Waals surface area contributed by atoms with Crippen LogP contribution in [0.3, 0.4) is 0 Å². The van der Waals surface area contributed by atoms with Gasteiger partial charge in [-0.1, -0.05) is 18.2 Å². The summed E-state index contributed by atoms with van der Waals surface area (Å²) < 4.78 is 5.40. The maximum atomic E-state index is 11.9. The van der Waals surface area contributed by atoms with Crippen LogP contribution in [0, 0.1) is 0 Å². The number of carbonyl (C=O) groups is 2. The topological polar surface area (TPSA) is 70.7 Å². The number of carbonyl (C=O) groups excluding carboxylic acids is 2. The smallest absolute Gasteiger partial charge is 0.325 e. The van der Waals surface area contributed by atoms with Gasteiger partial charge in [-0.3, -0.25) is 15.0 Å². The van der Waals surface area contributed by atoms with Crippen LogP contribution in [0.5, 0.6) is 0 Å². The zero-order chi connectivity index (χ0) is 15.3. The molecule has 6 nitrogen and oxygen atoms in total. The van der Waals surface area contributed by atoms with Gasteiger partial charge in [-0.2, -0.15) is 0 Å². The highest BCUT2D eigenvalue weighted by atomic mass is 16.5. The molecule has 0 aromatic heterocycles. The van der Waals surface area contributed by atoms with Gasteiger partial charge in [0, 0.05) is 17.8 Å². The van der Waals surface area contributed by atoms with Crippen molar-refractivity contribution in [2.24, 2.45) is 0 Å². The van der Waals surface area contributed by atoms with Crippen molar-refractivity contribution in [2.75, 3.05) is 31.6 Å². The molecule has 0 saturated carbocycles. The van der Waals surface area contributed by atoms with Crippen LogP contribution in [0.4, 0.5) is 10.5 Å². The number of benzene rings is 1. The lowest BCUT2D eigenvalue weighted by atomic mass is 10.0. The molecule has 1 saturated heterocycles. The van der Waals surface area contributed by atoms with Crippen LogP contribution >= 0.6 is 0 Å². The lowest BCUT2D eigenvalue weighted by Crippen LogP contribution is -2.56. The van der Waals surface area contributed by atoms with E-state index in [-0.39, 0.29) is 18.0 Å². The van der Waals surface area contributed by atoms with Crippen molar-refractivity contribution in [3.63, 3.8) is 0 Å². The predicted molar refractivity (Wildman–Crippen MR) is 80.1 cm³/mol. The van der Waals surface area contributed by atoms with Gasteiger partial charge < -0.3 is 10.1 Å². The van der Waals surface area contributed by atoms with E-state index < -0.39 is 6.03 Å². The Morgan fingerprint density at radius 1 is 1.29 bits per heavy atom. The molecular weight excluding hydrogens is 270 g/mol. The number of nitrogens with one attached hydrogen (secondary N) is 2. The van der Waals surface area contributed by atoms with E-state index in [2.05, 4.69) is 10.6 Å². The highest BCUT2D eigenvalue weighted by Crippen LogP contribution is 2.18. The van der Waals surface area contributed by atoms with E-state index in [1.807, 2.05) is 36.9 Å². The molecule has 1 fully saturated rings. The standard InChI is InChI=1S/C15H21N3O3/c1-15(2)11-21-9-8-18(15)10-13(19)17-14(20)16-12-6-4-3-5-7-12/h3-7H,8-11H2,1-2H3,(H2,16,17,19,20). The molecule has 1 aliphatic rings. The van der Waals surface area contributed by atoms with Crippen LogP contribution in [0.1, 0.15) is 13.8 Å². The van der Waals surface area contributed by atoms with Gasteiger partial charge in [-0.05, 0) is 26.0 Å². The quantitative estimate of drug-likeness (QED) is 0.884. The Balaban J connectivity index is 1.82. The fourth-order valence-electron chi connectivity index (χ4n) is 2.21. The van der Waals surface area contributed by atoms with E-state index in [0.29, 0.717) is 25.4 Å². The third kappa shape index (κ3) is 4.54. The van der Waals surface area contributed by atoms with Crippen molar-refractivity contribution in [3.8, 4) is 0 Å². The predicted octanol–water partition coefficient (Wildman–Crippen LogP) is 1.45. The average Bonchev–Trinajstić information content (AvgIpc) is 2.42. The van der Waals surface area contributed by atoms with Crippen LogP contribution in [0.25, 0.3) is 0 Å². The van der Waals surface area contributed by atoms with Gasteiger partial charge in [-0.25, -0.2) is 4.79 Å². The van der Waals surface area contributed by atoms with Gasteiger partial charge in [0.2, 0.25) is 5.91 Å². The van der Waals surface area contributed by atoms with E-state index in [4.69, 9.17) is 4.74 Å². The summed E-state index contributed by atoms with van der Waals surface area (Å²) in [6.45, 7) is 6.08. The molecule has 6 heteroatoms. The lowest BCUT2D eigenvalue weighted by Gasteiger charge is -2.41. The van der Waals surface area contributed by atoms with Crippen LogP contribution in [-0.2, 0) is 9.53 Å². The average molecular weight is 291 g/mol. The second kappa shape index (κ2) is 6.69. The van der Waals surface area contributed by atoms with Crippen LogP contribution in [-0.4, -0.2) is 48.7 Å². The minimum atomic E-state index is -0.516. The Kier molecular flexibility index (Phi) is 4.93. The fourth-order valence-corrected chi connectivity index (χ4v) is 2.21. The molecule has 1 aliphatic heterocycles. The maximum Gasteiger partial charge on any atom is 0.325 e. The molecule has 0 spiro atoms. The Hall–Kier alpha value is -1.92. The Morgan fingerprint density at radius 2 is 2.00 bits per heavy atom. The second-order valence-electron chi connectivity index (χ2n) is 5.65. The largest absolute Gasteiger partial charge is 0.378 e. The van der Waals surface area contributed by atoms with Crippen molar-refractivity contribution in [1.82, 2.24) is 10.2 Å². The molecule has 1 aromatic carbocycles. The molecule has 0 aliphatic carbocycles. The Bertz CT molecular complexity index is 502. The number of hydrogen-bond donors (Lipinski definition) is 2. The number of hydrogen-bond acceptors (Lipinski definition) is 4. The number of rotatable bonds is 3. The van der Waals surface area contributed by atoms with Gasteiger partial charge in [0.25, 0.3) is 0 Å². The summed E-state index contributed by atoms with van der Waals surface area (Å²) in [6, 6.07) is 8.48.